The first-order valence-corrected chi connectivity index (χ1v) is 12.5. The van der Waals surface area contributed by atoms with Crippen LogP contribution in [0.2, 0.25) is 0 Å². The van der Waals surface area contributed by atoms with Crippen molar-refractivity contribution >= 4 is 39.1 Å². The Morgan fingerprint density at radius 2 is 1.84 bits per heavy atom. The second-order valence-electron chi connectivity index (χ2n) is 8.91. The summed E-state index contributed by atoms with van der Waals surface area (Å²) < 4.78 is 0. The highest BCUT2D eigenvalue weighted by Crippen LogP contribution is 2.40. The van der Waals surface area contributed by atoms with Crippen LogP contribution >= 0.6 is 11.3 Å². The Morgan fingerprint density at radius 3 is 2.59 bits per heavy atom. The topological polar surface area (TPSA) is 61.4 Å². The number of carbonyl (C=O) groups excluding carboxylic acids is 1. The molecule has 2 aliphatic rings. The van der Waals surface area contributed by atoms with Gasteiger partial charge in [0.1, 0.15) is 16.5 Å². The third-order valence-corrected chi connectivity index (χ3v) is 7.97. The van der Waals surface area contributed by atoms with Gasteiger partial charge in [0.15, 0.2) is 0 Å². The summed E-state index contributed by atoms with van der Waals surface area (Å²) in [5.74, 6) is 2.00. The molecule has 7 heteroatoms. The molecule has 3 aromatic rings. The van der Waals surface area contributed by atoms with Gasteiger partial charge in [0.05, 0.1) is 5.39 Å². The molecule has 2 amide bonds. The van der Waals surface area contributed by atoms with Crippen LogP contribution in [0.25, 0.3) is 10.2 Å². The fourth-order valence-corrected chi connectivity index (χ4v) is 5.99. The van der Waals surface area contributed by atoms with Crippen LogP contribution < -0.4 is 10.2 Å². The predicted octanol–water partition coefficient (Wildman–Crippen LogP) is 5.10. The zero-order valence-electron chi connectivity index (χ0n) is 19.2. The van der Waals surface area contributed by atoms with Gasteiger partial charge in [0.2, 0.25) is 0 Å². The third-order valence-electron chi connectivity index (χ3n) is 6.78. The molecule has 1 saturated heterocycles. The molecule has 0 bridgehead atoms. The molecule has 6 nitrogen and oxygen atoms in total. The summed E-state index contributed by atoms with van der Waals surface area (Å²) in [6, 6.07) is 6.03. The maximum Gasteiger partial charge on any atom is 0.321 e. The molecule has 3 heterocycles. The van der Waals surface area contributed by atoms with Gasteiger partial charge in [-0.15, -0.1) is 11.3 Å². The first-order valence-electron chi connectivity index (χ1n) is 11.7. The van der Waals surface area contributed by atoms with Crippen LogP contribution in [-0.4, -0.2) is 47.1 Å². The molecule has 0 atom stereocenters. The molecule has 0 radical (unpaired) electrons. The Bertz CT molecular complexity index is 1160. The van der Waals surface area contributed by atoms with Crippen molar-refractivity contribution in [1.29, 1.82) is 0 Å². The third kappa shape index (κ3) is 3.94. The van der Waals surface area contributed by atoms with E-state index in [0.29, 0.717) is 13.1 Å². The fourth-order valence-electron chi connectivity index (χ4n) is 4.71. The van der Waals surface area contributed by atoms with Gasteiger partial charge >= 0.3 is 6.03 Å². The second-order valence-corrected chi connectivity index (χ2v) is 9.99. The number of rotatable bonds is 3. The van der Waals surface area contributed by atoms with Gasteiger partial charge in [-0.2, -0.15) is 0 Å². The summed E-state index contributed by atoms with van der Waals surface area (Å²) in [5, 5.41) is 4.34. The minimum atomic E-state index is -0.0251. The molecule has 1 fully saturated rings. The second kappa shape index (κ2) is 8.70. The smallest absolute Gasteiger partial charge is 0.321 e. The van der Waals surface area contributed by atoms with Crippen molar-refractivity contribution in [3.8, 4) is 0 Å². The lowest BCUT2D eigenvalue weighted by Gasteiger charge is -2.36. The van der Waals surface area contributed by atoms with Crippen LogP contribution in [0.3, 0.4) is 0 Å². The zero-order valence-corrected chi connectivity index (χ0v) is 20.0. The number of nitrogens with one attached hydrogen (secondary N) is 1. The molecule has 168 valence electrons. The van der Waals surface area contributed by atoms with E-state index in [1.165, 1.54) is 46.2 Å². The summed E-state index contributed by atoms with van der Waals surface area (Å²) in [5.41, 5.74) is 4.75. The van der Waals surface area contributed by atoms with E-state index in [1.54, 1.807) is 0 Å². The Balaban J connectivity index is 1.34. The molecule has 1 N–H and O–H groups in total. The van der Waals surface area contributed by atoms with Gasteiger partial charge in [-0.1, -0.05) is 13.0 Å². The van der Waals surface area contributed by atoms with E-state index < -0.39 is 0 Å². The van der Waals surface area contributed by atoms with E-state index >= 15 is 0 Å². The van der Waals surface area contributed by atoms with Crippen molar-refractivity contribution in [2.24, 2.45) is 0 Å². The van der Waals surface area contributed by atoms with Crippen molar-refractivity contribution in [3.63, 3.8) is 0 Å². The fraction of sp³-hybridized carbons (Fsp3) is 0.480. The van der Waals surface area contributed by atoms with Gasteiger partial charge in [-0.3, -0.25) is 0 Å². The van der Waals surface area contributed by atoms with Crippen LogP contribution in [0.1, 0.15) is 47.2 Å². The Hall–Kier alpha value is -2.67. The Labute approximate surface area is 193 Å². The van der Waals surface area contributed by atoms with E-state index in [-0.39, 0.29) is 6.03 Å². The average molecular weight is 450 g/mol. The number of fused-ring (bicyclic) bond motifs is 3. The molecule has 0 saturated carbocycles. The molecule has 1 aliphatic carbocycles. The van der Waals surface area contributed by atoms with Crippen LogP contribution in [0, 0.1) is 13.8 Å². The van der Waals surface area contributed by atoms with Crippen LogP contribution in [0.4, 0.5) is 16.3 Å². The monoisotopic (exact) mass is 449 g/mol. The van der Waals surface area contributed by atoms with E-state index in [9.17, 15) is 4.79 Å². The number of urea groups is 1. The number of piperazine rings is 1. The first kappa shape index (κ1) is 21.2. The van der Waals surface area contributed by atoms with Gasteiger partial charge in [0, 0.05) is 43.2 Å². The number of hydrogen-bond acceptors (Lipinski definition) is 5. The van der Waals surface area contributed by atoms with Gasteiger partial charge < -0.3 is 15.1 Å². The van der Waals surface area contributed by atoms with E-state index in [4.69, 9.17) is 9.97 Å². The van der Waals surface area contributed by atoms with Gasteiger partial charge in [-0.05, 0) is 68.4 Å². The van der Waals surface area contributed by atoms with E-state index in [1.807, 2.05) is 28.4 Å². The number of hydrogen-bond donors (Lipinski definition) is 1. The standard InChI is InChI=1S/C25H31N5OS/c1-4-21-27-23(22-19-7-5-6-8-20(19)32-24(22)28-21)29-11-13-30(14-12-29)25(31)26-18-10-9-16(2)17(3)15-18/h9-10,15H,4-8,11-14H2,1-3H3,(H,26,31). The number of nitrogens with zero attached hydrogens (tertiary/aromatic N) is 4. The largest absolute Gasteiger partial charge is 0.352 e. The Kier molecular flexibility index (Phi) is 5.76. The molecule has 0 spiro atoms. The molecular weight excluding hydrogens is 418 g/mol. The minimum absolute atomic E-state index is 0.0251. The number of aryl methyl sites for hydroxylation is 5. The van der Waals surface area contributed by atoms with Crippen molar-refractivity contribution in [2.45, 2.75) is 52.9 Å². The highest BCUT2D eigenvalue weighted by Gasteiger charge is 2.27. The number of anilines is 2. The lowest BCUT2D eigenvalue weighted by Crippen LogP contribution is -2.50. The lowest BCUT2D eigenvalue weighted by molar-refractivity contribution is 0.208. The molecular formula is C25H31N5OS. The van der Waals surface area contributed by atoms with E-state index in [0.717, 1.165) is 48.1 Å². The molecule has 2 aromatic heterocycles. The number of carbonyl (C=O) groups is 1. The Morgan fingerprint density at radius 1 is 1.06 bits per heavy atom. The van der Waals surface area contributed by atoms with Gasteiger partial charge in [0.25, 0.3) is 0 Å². The number of thiophene rings is 1. The molecule has 0 unspecified atom stereocenters. The van der Waals surface area contributed by atoms with Crippen molar-refractivity contribution < 1.29 is 4.79 Å². The molecule has 1 aromatic carbocycles. The summed E-state index contributed by atoms with van der Waals surface area (Å²) in [4.78, 5) is 29.6. The van der Waals surface area contributed by atoms with Crippen molar-refractivity contribution in [1.82, 2.24) is 14.9 Å². The number of aromatic nitrogens is 2. The highest BCUT2D eigenvalue weighted by molar-refractivity contribution is 7.19. The van der Waals surface area contributed by atoms with Crippen molar-refractivity contribution in [2.75, 3.05) is 36.4 Å². The van der Waals surface area contributed by atoms with Gasteiger partial charge in [-0.25, -0.2) is 14.8 Å². The maximum absolute atomic E-state index is 12.8. The maximum atomic E-state index is 12.8. The predicted molar refractivity (Wildman–Crippen MR) is 132 cm³/mol. The molecule has 5 rings (SSSR count). The zero-order chi connectivity index (χ0) is 22.2. The number of amides is 2. The van der Waals surface area contributed by atoms with Crippen LogP contribution in [0.15, 0.2) is 18.2 Å². The first-order chi connectivity index (χ1) is 15.5. The van der Waals surface area contributed by atoms with Crippen LogP contribution in [0.5, 0.6) is 0 Å². The average Bonchev–Trinajstić information content (AvgIpc) is 3.19. The lowest BCUT2D eigenvalue weighted by atomic mass is 9.97. The summed E-state index contributed by atoms with van der Waals surface area (Å²) >= 11 is 1.86. The quantitative estimate of drug-likeness (QED) is 0.604. The summed E-state index contributed by atoms with van der Waals surface area (Å²) in [6.45, 7) is 9.23. The summed E-state index contributed by atoms with van der Waals surface area (Å²) in [6.07, 6.45) is 5.67. The summed E-state index contributed by atoms with van der Waals surface area (Å²) in [7, 11) is 0. The minimum Gasteiger partial charge on any atom is -0.352 e. The SMILES string of the molecule is CCc1nc(N2CCN(C(=O)Nc3ccc(C)c(C)c3)CC2)c2c3c(sc2n1)CCCC3. The van der Waals surface area contributed by atoms with Crippen LogP contribution in [-0.2, 0) is 19.3 Å². The van der Waals surface area contributed by atoms with Crippen molar-refractivity contribution in [3.05, 3.63) is 45.6 Å². The van der Waals surface area contributed by atoms with E-state index in [2.05, 4.69) is 37.1 Å². The molecule has 1 aliphatic heterocycles. The highest BCUT2D eigenvalue weighted by atomic mass is 32.1. The number of benzene rings is 1. The molecule has 32 heavy (non-hydrogen) atoms. The normalized spacial score (nSPS) is 16.3.